The average molecular weight is 551 g/mol. The minimum atomic E-state index is 0.00765. The Kier molecular flexibility index (Phi) is 8.49. The van der Waals surface area contributed by atoms with E-state index in [-0.39, 0.29) is 5.41 Å². The van der Waals surface area contributed by atoms with Gasteiger partial charge in [0.15, 0.2) is 5.11 Å². The smallest absolute Gasteiger partial charge is 0.234 e. The number of ether oxygens (including phenoxy) is 1. The van der Waals surface area contributed by atoms with Gasteiger partial charge < -0.3 is 25.2 Å². The van der Waals surface area contributed by atoms with Crippen LogP contribution >= 0.6 is 23.8 Å². The van der Waals surface area contributed by atoms with Crippen molar-refractivity contribution in [2.24, 2.45) is 0 Å². The second kappa shape index (κ2) is 12.2. The Hall–Kier alpha value is -3.10. The van der Waals surface area contributed by atoms with Crippen LogP contribution in [0.1, 0.15) is 37.7 Å². The van der Waals surface area contributed by atoms with E-state index in [4.69, 9.17) is 33.5 Å². The van der Waals surface area contributed by atoms with E-state index in [2.05, 4.69) is 61.8 Å². The third kappa shape index (κ3) is 6.30. The molecule has 1 saturated heterocycles. The number of benzene rings is 2. The van der Waals surface area contributed by atoms with Crippen LogP contribution in [0, 0.1) is 0 Å². The summed E-state index contributed by atoms with van der Waals surface area (Å²) in [6.45, 7) is 4.30. The second-order valence-electron chi connectivity index (χ2n) is 10.1. The number of hydrogen-bond donors (Lipinski definition) is 2. The first-order chi connectivity index (χ1) is 18.5. The number of rotatable bonds is 7. The van der Waals surface area contributed by atoms with Crippen LogP contribution in [0.2, 0.25) is 5.02 Å². The number of halogens is 1. The van der Waals surface area contributed by atoms with Crippen LogP contribution in [0.25, 0.3) is 0 Å². The molecule has 2 fully saturated rings. The lowest BCUT2D eigenvalue weighted by Gasteiger charge is -2.38. The molecule has 2 aliphatic rings. The lowest BCUT2D eigenvalue weighted by atomic mass is 9.69. The van der Waals surface area contributed by atoms with Crippen LogP contribution in [0.15, 0.2) is 60.7 Å². The molecule has 0 unspecified atom stereocenters. The van der Waals surface area contributed by atoms with Gasteiger partial charge in [0, 0.05) is 54.9 Å². The molecule has 0 bridgehead atoms. The molecule has 3 aromatic rings. The van der Waals surface area contributed by atoms with Crippen molar-refractivity contribution in [3.63, 3.8) is 0 Å². The van der Waals surface area contributed by atoms with Gasteiger partial charge in [0.2, 0.25) is 11.8 Å². The minimum absolute atomic E-state index is 0.00765. The molecule has 5 rings (SSSR count). The molecule has 38 heavy (non-hydrogen) atoms. The highest BCUT2D eigenvalue weighted by molar-refractivity contribution is 7.80. The van der Waals surface area contributed by atoms with E-state index in [1.165, 1.54) is 30.5 Å². The zero-order chi connectivity index (χ0) is 26.4. The molecule has 1 aliphatic heterocycles. The quantitative estimate of drug-likeness (QED) is 0.366. The monoisotopic (exact) mass is 550 g/mol. The third-order valence-corrected chi connectivity index (χ3v) is 8.17. The summed E-state index contributed by atoms with van der Waals surface area (Å²) >= 11 is 12.0. The Bertz CT molecular complexity index is 1230. The zero-order valence-corrected chi connectivity index (χ0v) is 23.4. The van der Waals surface area contributed by atoms with E-state index >= 15 is 0 Å². The lowest BCUT2D eigenvalue weighted by molar-refractivity contribution is 0.292. The van der Waals surface area contributed by atoms with Gasteiger partial charge in [0.05, 0.1) is 7.11 Å². The highest BCUT2D eigenvalue weighted by Gasteiger charge is 2.34. The highest BCUT2D eigenvalue weighted by Crippen LogP contribution is 2.39. The topological polar surface area (TPSA) is 65.6 Å². The predicted molar refractivity (Wildman–Crippen MR) is 160 cm³/mol. The van der Waals surface area contributed by atoms with Crippen molar-refractivity contribution in [2.75, 3.05) is 55.0 Å². The summed E-state index contributed by atoms with van der Waals surface area (Å²) in [5.74, 6) is 1.77. The van der Waals surface area contributed by atoms with Gasteiger partial charge in [-0.15, -0.1) is 0 Å². The fraction of sp³-hybridized carbons (Fsp3) is 0.414. The van der Waals surface area contributed by atoms with Gasteiger partial charge in [-0.3, -0.25) is 0 Å². The Morgan fingerprint density at radius 3 is 2.39 bits per heavy atom. The maximum Gasteiger partial charge on any atom is 0.234 e. The van der Waals surface area contributed by atoms with E-state index in [9.17, 15) is 0 Å². The molecule has 2 N–H and O–H groups in total. The average Bonchev–Trinajstić information content (AvgIpc) is 2.97. The molecule has 1 aromatic heterocycles. The SMILES string of the molecule is COc1cc(N2CCN(c3ccccc3)CC2)nc(NC(=S)NCC2(c3cccc(Cl)c3)CCCCC2)n1. The number of thiocarbonyl (C=S) groups is 1. The maximum atomic E-state index is 6.35. The second-order valence-corrected chi connectivity index (χ2v) is 10.9. The number of para-hydroxylation sites is 1. The summed E-state index contributed by atoms with van der Waals surface area (Å²) in [5, 5.41) is 7.94. The first kappa shape index (κ1) is 26.5. The van der Waals surface area contributed by atoms with Crippen molar-refractivity contribution < 1.29 is 4.74 Å². The Labute approximate surface area is 235 Å². The molecule has 7 nitrogen and oxygen atoms in total. The van der Waals surface area contributed by atoms with Crippen LogP contribution in [0.4, 0.5) is 17.5 Å². The molecule has 2 aromatic carbocycles. The summed E-state index contributed by atoms with van der Waals surface area (Å²) in [6.07, 6.45) is 5.89. The molecular weight excluding hydrogens is 516 g/mol. The van der Waals surface area contributed by atoms with Crippen molar-refractivity contribution >= 4 is 46.4 Å². The van der Waals surface area contributed by atoms with Gasteiger partial charge in [-0.05, 0) is 54.9 Å². The third-order valence-electron chi connectivity index (χ3n) is 7.68. The molecule has 0 atom stereocenters. The summed E-state index contributed by atoms with van der Waals surface area (Å²) in [5.41, 5.74) is 2.53. The van der Waals surface area contributed by atoms with Crippen LogP contribution in [-0.2, 0) is 5.41 Å². The Morgan fingerprint density at radius 2 is 1.68 bits per heavy atom. The predicted octanol–water partition coefficient (Wildman–Crippen LogP) is 5.65. The van der Waals surface area contributed by atoms with Crippen LogP contribution < -0.4 is 25.2 Å². The van der Waals surface area contributed by atoms with Gasteiger partial charge in [-0.1, -0.05) is 61.2 Å². The molecular formula is C29H35ClN6OS. The molecule has 9 heteroatoms. The van der Waals surface area contributed by atoms with Crippen LogP contribution in [0.3, 0.4) is 0 Å². The number of nitrogens with one attached hydrogen (secondary N) is 2. The van der Waals surface area contributed by atoms with E-state index in [0.29, 0.717) is 16.9 Å². The summed E-state index contributed by atoms with van der Waals surface area (Å²) in [7, 11) is 1.62. The standard InChI is InChI=1S/C29H35ClN6OS/c1-37-26-20-25(36-17-15-35(16-18-36)24-11-4-2-5-12-24)32-27(33-26)34-28(38)31-21-29(13-6-3-7-14-29)22-9-8-10-23(30)19-22/h2,4-5,8-12,19-20H,3,6-7,13-18,21H2,1H3,(H2,31,32,33,34,38). The van der Waals surface area contributed by atoms with Crippen molar-refractivity contribution in [3.8, 4) is 5.88 Å². The van der Waals surface area contributed by atoms with Crippen molar-refractivity contribution in [2.45, 2.75) is 37.5 Å². The van der Waals surface area contributed by atoms with Crippen molar-refractivity contribution in [1.82, 2.24) is 15.3 Å². The van der Waals surface area contributed by atoms with Crippen LogP contribution in [-0.4, -0.2) is 54.9 Å². The first-order valence-electron chi connectivity index (χ1n) is 13.3. The van der Waals surface area contributed by atoms with Crippen LogP contribution in [0.5, 0.6) is 5.88 Å². The lowest BCUT2D eigenvalue weighted by Crippen LogP contribution is -2.47. The highest BCUT2D eigenvalue weighted by atomic mass is 35.5. The Balaban J connectivity index is 1.24. The summed E-state index contributed by atoms with van der Waals surface area (Å²) in [4.78, 5) is 14.0. The normalized spacial score (nSPS) is 17.1. The largest absolute Gasteiger partial charge is 0.481 e. The summed E-state index contributed by atoms with van der Waals surface area (Å²) in [6, 6.07) is 20.7. The van der Waals surface area contributed by atoms with Gasteiger partial charge in [0.25, 0.3) is 0 Å². The molecule has 2 heterocycles. The van der Waals surface area contributed by atoms with Crippen molar-refractivity contribution in [3.05, 3.63) is 71.2 Å². The molecule has 1 saturated carbocycles. The number of nitrogens with zero attached hydrogens (tertiary/aromatic N) is 4. The molecule has 0 amide bonds. The number of aromatic nitrogens is 2. The van der Waals surface area contributed by atoms with E-state index in [0.717, 1.165) is 56.4 Å². The van der Waals surface area contributed by atoms with Gasteiger partial charge in [0.1, 0.15) is 5.82 Å². The number of piperazine rings is 1. The van der Waals surface area contributed by atoms with Gasteiger partial charge >= 0.3 is 0 Å². The first-order valence-corrected chi connectivity index (χ1v) is 14.1. The maximum absolute atomic E-state index is 6.35. The zero-order valence-electron chi connectivity index (χ0n) is 21.8. The van der Waals surface area contributed by atoms with E-state index in [1.807, 2.05) is 24.3 Å². The van der Waals surface area contributed by atoms with E-state index < -0.39 is 0 Å². The van der Waals surface area contributed by atoms with Crippen molar-refractivity contribution in [1.29, 1.82) is 0 Å². The molecule has 0 spiro atoms. The number of hydrogen-bond acceptors (Lipinski definition) is 6. The minimum Gasteiger partial charge on any atom is -0.481 e. The van der Waals surface area contributed by atoms with Gasteiger partial charge in [-0.25, -0.2) is 0 Å². The number of anilines is 3. The Morgan fingerprint density at radius 1 is 0.947 bits per heavy atom. The van der Waals surface area contributed by atoms with E-state index in [1.54, 1.807) is 7.11 Å². The molecule has 200 valence electrons. The fourth-order valence-corrected chi connectivity index (χ4v) is 5.93. The number of methoxy groups -OCH3 is 1. The fourth-order valence-electron chi connectivity index (χ4n) is 5.58. The molecule has 1 aliphatic carbocycles. The van der Waals surface area contributed by atoms with Gasteiger partial charge in [-0.2, -0.15) is 9.97 Å². The summed E-state index contributed by atoms with van der Waals surface area (Å²) < 4.78 is 5.49. The molecule has 0 radical (unpaired) electrons.